The third-order valence-electron chi connectivity index (χ3n) is 1.85. The summed E-state index contributed by atoms with van der Waals surface area (Å²) in [4.78, 5) is 0. The summed E-state index contributed by atoms with van der Waals surface area (Å²) in [6, 6.07) is 3.65. The molecule has 1 N–H and O–H groups in total. The van der Waals surface area contributed by atoms with Crippen LogP contribution in [0.15, 0.2) is 18.2 Å². The topological polar surface area (TPSA) is 29.5 Å². The van der Waals surface area contributed by atoms with Gasteiger partial charge in [-0.15, -0.1) is 0 Å². The molecule has 0 heterocycles. The minimum atomic E-state index is -3.27. The number of alkyl halides is 2. The van der Waals surface area contributed by atoms with Crippen LogP contribution in [0.3, 0.4) is 0 Å². The summed E-state index contributed by atoms with van der Waals surface area (Å²) in [6.45, 7) is 0.944. The number of ether oxygens (including phenoxy) is 1. The van der Waals surface area contributed by atoms with Gasteiger partial charge in [-0.3, -0.25) is 0 Å². The first kappa shape index (κ1) is 12.2. The first-order valence-electron chi connectivity index (χ1n) is 4.42. The molecule has 1 rings (SSSR count). The summed E-state index contributed by atoms with van der Waals surface area (Å²) in [6.07, 6.45) is 0. The van der Waals surface area contributed by atoms with Crippen LogP contribution in [0.1, 0.15) is 12.5 Å². The maximum atomic E-state index is 13.0. The minimum absolute atomic E-state index is 0.113. The molecule has 0 aliphatic carbocycles. The molecule has 0 radical (unpaired) electrons. The average molecular weight is 237 g/mol. The van der Waals surface area contributed by atoms with Crippen molar-refractivity contribution in [1.82, 2.24) is 0 Å². The second-order valence-corrected chi connectivity index (χ2v) is 3.35. The lowest BCUT2D eigenvalue weighted by atomic mass is 10.1. The van der Waals surface area contributed by atoms with E-state index in [1.807, 2.05) is 0 Å². The van der Waals surface area contributed by atoms with E-state index >= 15 is 0 Å². The van der Waals surface area contributed by atoms with Crippen molar-refractivity contribution < 1.29 is 18.6 Å². The maximum absolute atomic E-state index is 13.0. The summed E-state index contributed by atoms with van der Waals surface area (Å²) < 4.78 is 31.2. The van der Waals surface area contributed by atoms with Crippen molar-refractivity contribution in [1.29, 1.82) is 0 Å². The zero-order chi connectivity index (χ0) is 11.5. The van der Waals surface area contributed by atoms with Gasteiger partial charge in [0.1, 0.15) is 12.4 Å². The normalized spacial score (nSPS) is 11.5. The van der Waals surface area contributed by atoms with Crippen LogP contribution in [0.5, 0.6) is 5.75 Å². The molecule has 0 atom stereocenters. The minimum Gasteiger partial charge on any atom is -0.492 e. The highest BCUT2D eigenvalue weighted by molar-refractivity contribution is 6.32. The molecule has 1 aromatic rings. The number of hydrogen-bond acceptors (Lipinski definition) is 2. The number of aliphatic hydroxyl groups excluding tert-OH is 1. The maximum Gasteiger partial charge on any atom is 0.295 e. The molecule has 15 heavy (non-hydrogen) atoms. The highest BCUT2D eigenvalue weighted by Crippen LogP contribution is 2.33. The predicted molar refractivity (Wildman–Crippen MR) is 53.6 cm³/mol. The Bertz CT molecular complexity index is 342. The largest absolute Gasteiger partial charge is 0.492 e. The fraction of sp³-hybridized carbons (Fsp3) is 0.400. The molecule has 0 saturated heterocycles. The molecular weight excluding hydrogens is 226 g/mol. The van der Waals surface area contributed by atoms with E-state index in [2.05, 4.69) is 0 Å². The van der Waals surface area contributed by atoms with E-state index < -0.39 is 12.5 Å². The van der Waals surface area contributed by atoms with Crippen LogP contribution in [0.2, 0.25) is 5.02 Å². The fourth-order valence-corrected chi connectivity index (χ4v) is 1.33. The molecule has 0 aliphatic rings. The molecule has 0 aromatic heterocycles. The lowest BCUT2D eigenvalue weighted by molar-refractivity contribution is -0.0556. The van der Waals surface area contributed by atoms with Gasteiger partial charge in [0.05, 0.1) is 11.6 Å². The van der Waals surface area contributed by atoms with Crippen molar-refractivity contribution in [3.8, 4) is 5.75 Å². The van der Waals surface area contributed by atoms with Crippen molar-refractivity contribution in [3.05, 3.63) is 28.8 Å². The van der Waals surface area contributed by atoms with Gasteiger partial charge in [0.25, 0.3) is 5.92 Å². The van der Waals surface area contributed by atoms with Gasteiger partial charge < -0.3 is 9.84 Å². The first-order chi connectivity index (χ1) is 7.01. The molecule has 0 amide bonds. The average Bonchev–Trinajstić information content (AvgIpc) is 2.21. The molecule has 0 unspecified atom stereocenters. The first-order valence-corrected chi connectivity index (χ1v) is 4.80. The van der Waals surface area contributed by atoms with Gasteiger partial charge in [-0.25, -0.2) is 0 Å². The highest BCUT2D eigenvalue weighted by atomic mass is 35.5. The zero-order valence-corrected chi connectivity index (χ0v) is 8.89. The lowest BCUT2D eigenvalue weighted by Crippen LogP contribution is -2.18. The van der Waals surface area contributed by atoms with Crippen LogP contribution in [-0.4, -0.2) is 18.3 Å². The third kappa shape index (κ3) is 2.79. The van der Waals surface area contributed by atoms with Gasteiger partial charge in [0.15, 0.2) is 0 Å². The van der Waals surface area contributed by atoms with Crippen LogP contribution in [-0.2, 0) is 5.92 Å². The van der Waals surface area contributed by atoms with E-state index in [1.165, 1.54) is 12.1 Å². The van der Waals surface area contributed by atoms with Crippen molar-refractivity contribution in [2.45, 2.75) is 12.8 Å². The van der Waals surface area contributed by atoms with E-state index in [9.17, 15) is 8.78 Å². The second kappa shape index (κ2) is 4.77. The van der Waals surface area contributed by atoms with Gasteiger partial charge in [0, 0.05) is 5.56 Å². The second-order valence-electron chi connectivity index (χ2n) is 2.94. The van der Waals surface area contributed by atoms with Crippen LogP contribution < -0.4 is 4.74 Å². The Morgan fingerprint density at radius 3 is 2.60 bits per heavy atom. The monoisotopic (exact) mass is 236 g/mol. The smallest absolute Gasteiger partial charge is 0.295 e. The molecule has 0 aliphatic heterocycles. The number of aliphatic hydroxyl groups is 1. The van der Waals surface area contributed by atoms with Gasteiger partial charge in [0.2, 0.25) is 0 Å². The number of rotatable bonds is 4. The van der Waals surface area contributed by atoms with Crippen LogP contribution in [0, 0.1) is 0 Å². The summed E-state index contributed by atoms with van der Waals surface area (Å²) in [5, 5.41) is 8.60. The summed E-state index contributed by atoms with van der Waals surface area (Å²) in [5.41, 5.74) is -0.321. The number of benzene rings is 1. The Hall–Kier alpha value is -0.870. The summed E-state index contributed by atoms with van der Waals surface area (Å²) in [5.74, 6) is -2.91. The van der Waals surface area contributed by atoms with Crippen molar-refractivity contribution in [2.24, 2.45) is 0 Å². The Labute approximate surface area is 91.4 Å². The molecule has 0 spiro atoms. The highest BCUT2D eigenvalue weighted by Gasteiger charge is 2.30. The van der Waals surface area contributed by atoms with Crippen LogP contribution in [0.4, 0.5) is 8.78 Å². The van der Waals surface area contributed by atoms with E-state index in [0.717, 1.165) is 6.07 Å². The molecule has 1 aromatic carbocycles. The van der Waals surface area contributed by atoms with Gasteiger partial charge >= 0.3 is 0 Å². The number of halogens is 3. The molecule has 0 bridgehead atoms. The molecular formula is C10H11ClF2O2. The van der Waals surface area contributed by atoms with Crippen molar-refractivity contribution in [2.75, 3.05) is 13.2 Å². The Kier molecular flexibility index (Phi) is 3.88. The molecule has 5 heteroatoms. The standard InChI is InChI=1S/C10H11ClF2O2/c1-2-15-9-4-3-7(5-8(9)11)10(12,13)6-14/h3-5,14H,2,6H2,1H3. The van der Waals surface area contributed by atoms with Crippen molar-refractivity contribution in [3.63, 3.8) is 0 Å². The zero-order valence-electron chi connectivity index (χ0n) is 8.14. The van der Waals surface area contributed by atoms with E-state index in [1.54, 1.807) is 6.92 Å². The van der Waals surface area contributed by atoms with E-state index in [4.69, 9.17) is 21.4 Å². The number of hydrogen-bond donors (Lipinski definition) is 1. The predicted octanol–water partition coefficient (Wildman–Crippen LogP) is 2.82. The lowest BCUT2D eigenvalue weighted by Gasteiger charge is -2.15. The third-order valence-corrected chi connectivity index (χ3v) is 2.15. The quantitative estimate of drug-likeness (QED) is 0.871. The SMILES string of the molecule is CCOc1ccc(C(F)(F)CO)cc1Cl. The summed E-state index contributed by atoms with van der Waals surface area (Å²) in [7, 11) is 0. The van der Waals surface area contributed by atoms with Gasteiger partial charge in [-0.05, 0) is 25.1 Å². The molecule has 84 valence electrons. The molecule has 0 fully saturated rings. The van der Waals surface area contributed by atoms with E-state index in [-0.39, 0.29) is 10.6 Å². The van der Waals surface area contributed by atoms with Gasteiger partial charge in [-0.1, -0.05) is 11.6 Å². The van der Waals surface area contributed by atoms with Crippen LogP contribution >= 0.6 is 11.6 Å². The Morgan fingerprint density at radius 2 is 2.13 bits per heavy atom. The van der Waals surface area contributed by atoms with Gasteiger partial charge in [-0.2, -0.15) is 8.78 Å². The van der Waals surface area contributed by atoms with Crippen molar-refractivity contribution >= 4 is 11.6 Å². The van der Waals surface area contributed by atoms with E-state index in [0.29, 0.717) is 12.4 Å². The summed E-state index contributed by atoms with van der Waals surface area (Å²) >= 11 is 5.73. The molecule has 2 nitrogen and oxygen atoms in total. The van der Waals surface area contributed by atoms with Crippen LogP contribution in [0.25, 0.3) is 0 Å². The fourth-order valence-electron chi connectivity index (χ4n) is 1.09. The Morgan fingerprint density at radius 1 is 1.47 bits per heavy atom. The molecule has 0 saturated carbocycles. The Balaban J connectivity index is 3.01.